The zero-order valence-corrected chi connectivity index (χ0v) is 16.1. The molecule has 0 aliphatic carbocycles. The van der Waals surface area contributed by atoms with Crippen LogP contribution in [-0.4, -0.2) is 28.6 Å². The fraction of sp³-hybridized carbons (Fsp3) is 0.238. The monoisotopic (exact) mass is 379 g/mol. The summed E-state index contributed by atoms with van der Waals surface area (Å²) in [7, 11) is 0. The number of para-hydroxylation sites is 2. The average Bonchev–Trinajstić information content (AvgIpc) is 2.89. The molecule has 144 valence electrons. The lowest BCUT2D eigenvalue weighted by atomic mass is 10.0. The first-order valence-electron chi connectivity index (χ1n) is 8.81. The topological polar surface area (TPSA) is 99.1 Å². The highest BCUT2D eigenvalue weighted by atomic mass is 16.4. The van der Waals surface area contributed by atoms with Crippen molar-refractivity contribution in [3.05, 3.63) is 58.7 Å². The van der Waals surface area contributed by atoms with Gasteiger partial charge in [-0.25, -0.2) is 4.90 Å². The number of carbonyl (C=O) groups excluding carboxylic acids is 3. The van der Waals surface area contributed by atoms with Crippen molar-refractivity contribution in [3.8, 4) is 0 Å². The van der Waals surface area contributed by atoms with E-state index in [1.807, 2.05) is 38.1 Å². The molecule has 1 saturated heterocycles. The zero-order valence-electron chi connectivity index (χ0n) is 16.1. The second-order valence-electron chi connectivity index (χ2n) is 6.89. The quantitative estimate of drug-likeness (QED) is 0.371. The van der Waals surface area contributed by atoms with Crippen LogP contribution in [0.25, 0.3) is 0 Å². The van der Waals surface area contributed by atoms with Crippen molar-refractivity contribution in [3.63, 3.8) is 0 Å². The number of imide groups is 1. The summed E-state index contributed by atoms with van der Waals surface area (Å²) in [5.41, 5.74) is 3.52. The van der Waals surface area contributed by atoms with Gasteiger partial charge < -0.3 is 10.5 Å². The minimum atomic E-state index is -1.52. The van der Waals surface area contributed by atoms with Gasteiger partial charge in [0.05, 0.1) is 5.69 Å². The van der Waals surface area contributed by atoms with Crippen molar-refractivity contribution in [2.75, 3.05) is 10.2 Å². The van der Waals surface area contributed by atoms with Gasteiger partial charge in [-0.3, -0.25) is 14.4 Å². The summed E-state index contributed by atoms with van der Waals surface area (Å²) in [5.74, 6) is -3.77. The van der Waals surface area contributed by atoms with E-state index in [0.29, 0.717) is 22.5 Å². The Balaban J connectivity index is 2.01. The van der Waals surface area contributed by atoms with Crippen LogP contribution in [0.3, 0.4) is 0 Å². The molecular formula is C21H21N3O4. The summed E-state index contributed by atoms with van der Waals surface area (Å²) in [4.78, 5) is 39.6. The molecule has 1 aliphatic heterocycles. The second-order valence-corrected chi connectivity index (χ2v) is 6.89. The minimum absolute atomic E-state index is 0.404. The molecule has 1 fully saturated rings. The Morgan fingerprint density at radius 3 is 1.96 bits per heavy atom. The SMILES string of the molecule is Cc1cccc(C)c1NC(=O)C1C(=O)N(c2c(C)cccc2C)C(=O)C1=NO. The first kappa shape index (κ1) is 19.3. The molecule has 1 heterocycles. The van der Waals surface area contributed by atoms with Gasteiger partial charge in [-0.15, -0.1) is 0 Å². The Hall–Kier alpha value is -3.48. The summed E-state index contributed by atoms with van der Waals surface area (Å²) in [6.07, 6.45) is 0. The average molecular weight is 379 g/mol. The van der Waals surface area contributed by atoms with E-state index >= 15 is 0 Å². The van der Waals surface area contributed by atoms with Crippen LogP contribution >= 0.6 is 0 Å². The van der Waals surface area contributed by atoms with E-state index in [4.69, 9.17) is 0 Å². The normalized spacial score (nSPS) is 18.1. The molecule has 0 radical (unpaired) electrons. The lowest BCUT2D eigenvalue weighted by molar-refractivity contribution is -0.127. The van der Waals surface area contributed by atoms with Crippen molar-refractivity contribution >= 4 is 34.8 Å². The highest BCUT2D eigenvalue weighted by Gasteiger charge is 2.51. The Morgan fingerprint density at radius 2 is 1.46 bits per heavy atom. The third-order valence-corrected chi connectivity index (χ3v) is 4.93. The smallest absolute Gasteiger partial charge is 0.284 e. The molecule has 7 nitrogen and oxygen atoms in total. The first-order chi connectivity index (χ1) is 13.3. The number of rotatable bonds is 3. The molecule has 0 bridgehead atoms. The number of benzene rings is 2. The van der Waals surface area contributed by atoms with E-state index in [1.165, 1.54) is 0 Å². The molecule has 1 atom stereocenters. The molecule has 1 unspecified atom stereocenters. The Labute approximate surface area is 162 Å². The number of nitrogens with one attached hydrogen (secondary N) is 1. The number of oxime groups is 1. The van der Waals surface area contributed by atoms with E-state index in [1.54, 1.807) is 26.0 Å². The fourth-order valence-corrected chi connectivity index (χ4v) is 3.50. The molecule has 3 amide bonds. The van der Waals surface area contributed by atoms with Gasteiger partial charge in [0, 0.05) is 5.69 Å². The number of amides is 3. The van der Waals surface area contributed by atoms with Crippen molar-refractivity contribution in [1.29, 1.82) is 0 Å². The van der Waals surface area contributed by atoms with E-state index in [2.05, 4.69) is 10.5 Å². The van der Waals surface area contributed by atoms with Crippen LogP contribution in [-0.2, 0) is 14.4 Å². The fourth-order valence-electron chi connectivity index (χ4n) is 3.50. The maximum absolute atomic E-state index is 13.0. The van der Waals surface area contributed by atoms with Crippen molar-refractivity contribution in [1.82, 2.24) is 0 Å². The Bertz CT molecular complexity index is 986. The second kappa shape index (κ2) is 7.26. The lowest BCUT2D eigenvalue weighted by Gasteiger charge is -2.19. The Kier molecular flexibility index (Phi) is 5.00. The van der Waals surface area contributed by atoms with Crippen LogP contribution in [0.4, 0.5) is 11.4 Å². The van der Waals surface area contributed by atoms with Crippen molar-refractivity contribution in [2.24, 2.45) is 11.1 Å². The molecule has 3 rings (SSSR count). The number of aryl methyl sites for hydroxylation is 4. The predicted molar refractivity (Wildman–Crippen MR) is 106 cm³/mol. The molecule has 7 heteroatoms. The van der Waals surface area contributed by atoms with Gasteiger partial charge in [0.25, 0.3) is 11.8 Å². The summed E-state index contributed by atoms with van der Waals surface area (Å²) in [6.45, 7) is 7.19. The number of nitrogens with zero attached hydrogens (tertiary/aromatic N) is 2. The molecule has 28 heavy (non-hydrogen) atoms. The van der Waals surface area contributed by atoms with E-state index in [9.17, 15) is 19.6 Å². The van der Waals surface area contributed by atoms with Gasteiger partial charge in [0.15, 0.2) is 11.6 Å². The van der Waals surface area contributed by atoms with E-state index < -0.39 is 29.4 Å². The highest BCUT2D eigenvalue weighted by molar-refractivity contribution is 6.61. The Morgan fingerprint density at radius 1 is 0.964 bits per heavy atom. The molecule has 2 aromatic carbocycles. The van der Waals surface area contributed by atoms with Gasteiger partial charge in [0.2, 0.25) is 5.91 Å². The molecule has 0 spiro atoms. The lowest BCUT2D eigenvalue weighted by Crippen LogP contribution is -2.35. The molecule has 0 aromatic heterocycles. The van der Waals surface area contributed by atoms with Crippen molar-refractivity contribution in [2.45, 2.75) is 27.7 Å². The van der Waals surface area contributed by atoms with Crippen LogP contribution < -0.4 is 10.2 Å². The molecule has 1 aliphatic rings. The molecule has 2 N–H and O–H groups in total. The van der Waals surface area contributed by atoms with Crippen LogP contribution in [0.2, 0.25) is 0 Å². The summed E-state index contributed by atoms with van der Waals surface area (Å²) >= 11 is 0. The van der Waals surface area contributed by atoms with Crippen LogP contribution in [0.5, 0.6) is 0 Å². The minimum Gasteiger partial charge on any atom is -0.410 e. The molecular weight excluding hydrogens is 358 g/mol. The van der Waals surface area contributed by atoms with E-state index in [0.717, 1.165) is 16.0 Å². The maximum atomic E-state index is 13.0. The zero-order chi connectivity index (χ0) is 20.6. The van der Waals surface area contributed by atoms with Crippen LogP contribution in [0, 0.1) is 33.6 Å². The predicted octanol–water partition coefficient (Wildman–Crippen LogP) is 2.88. The third-order valence-electron chi connectivity index (χ3n) is 4.93. The molecule has 2 aromatic rings. The highest BCUT2D eigenvalue weighted by Crippen LogP contribution is 2.32. The van der Waals surface area contributed by atoms with E-state index in [-0.39, 0.29) is 0 Å². The number of anilines is 2. The largest absolute Gasteiger partial charge is 0.410 e. The van der Waals surface area contributed by atoms with Gasteiger partial charge in [-0.1, -0.05) is 41.6 Å². The summed E-state index contributed by atoms with van der Waals surface area (Å²) in [6, 6.07) is 10.9. The third kappa shape index (κ3) is 3.05. The standard InChI is InChI=1S/C21H21N3O4/c1-11-7-5-8-12(2)16(11)22-19(25)15-17(23-28)21(27)24(20(15)26)18-13(3)9-6-10-14(18)4/h5-10,15,28H,1-4H3,(H,22,25). The van der Waals surface area contributed by atoms with Gasteiger partial charge in [0.1, 0.15) is 0 Å². The van der Waals surface area contributed by atoms with Crippen molar-refractivity contribution < 1.29 is 19.6 Å². The maximum Gasteiger partial charge on any atom is 0.284 e. The van der Waals surface area contributed by atoms with Gasteiger partial charge >= 0.3 is 0 Å². The molecule has 0 saturated carbocycles. The summed E-state index contributed by atoms with van der Waals surface area (Å²) < 4.78 is 0. The van der Waals surface area contributed by atoms with Crippen LogP contribution in [0.15, 0.2) is 41.6 Å². The summed E-state index contributed by atoms with van der Waals surface area (Å²) in [5, 5.41) is 15.1. The van der Waals surface area contributed by atoms with Gasteiger partial charge in [-0.05, 0) is 49.9 Å². The van der Waals surface area contributed by atoms with Crippen LogP contribution in [0.1, 0.15) is 22.3 Å². The number of hydrogen-bond donors (Lipinski definition) is 2. The van der Waals surface area contributed by atoms with Gasteiger partial charge in [-0.2, -0.15) is 0 Å². The number of hydrogen-bond acceptors (Lipinski definition) is 5. The first-order valence-corrected chi connectivity index (χ1v) is 8.81. The number of carbonyl (C=O) groups is 3.